The Labute approximate surface area is 131 Å². The van der Waals surface area contributed by atoms with E-state index in [9.17, 15) is 0 Å². The molecule has 4 nitrogen and oxygen atoms in total. The number of anilines is 1. The van der Waals surface area contributed by atoms with E-state index in [1.807, 2.05) is 24.3 Å². The molecule has 3 aromatic rings. The van der Waals surface area contributed by atoms with Gasteiger partial charge >= 0.3 is 0 Å². The van der Waals surface area contributed by atoms with Crippen molar-refractivity contribution in [3.8, 4) is 17.1 Å². The molecule has 1 N–H and O–H groups in total. The molecular formula is C15H11Cl2N3O. The summed E-state index contributed by atoms with van der Waals surface area (Å²) in [5, 5.41) is 9.02. The minimum absolute atomic E-state index is 0.490. The van der Waals surface area contributed by atoms with E-state index in [0.29, 0.717) is 10.0 Å². The molecule has 6 heteroatoms. The zero-order chi connectivity index (χ0) is 14.4. The van der Waals surface area contributed by atoms with Crippen molar-refractivity contribution >= 4 is 29.0 Å². The quantitative estimate of drug-likeness (QED) is 0.761. The van der Waals surface area contributed by atoms with Crippen LogP contribution in [0.4, 0.5) is 5.82 Å². The third-order valence-electron chi connectivity index (χ3n) is 3.56. The highest BCUT2D eigenvalue weighted by Gasteiger charge is 2.26. The van der Waals surface area contributed by atoms with Gasteiger partial charge in [-0.05, 0) is 30.7 Å². The Kier molecular flexibility index (Phi) is 2.94. The second kappa shape index (κ2) is 4.83. The fourth-order valence-electron chi connectivity index (χ4n) is 2.62. The van der Waals surface area contributed by atoms with Crippen molar-refractivity contribution in [2.75, 3.05) is 11.9 Å². The molecule has 0 aliphatic carbocycles. The van der Waals surface area contributed by atoms with Gasteiger partial charge < -0.3 is 9.73 Å². The molecule has 0 fully saturated rings. The maximum atomic E-state index is 6.32. The summed E-state index contributed by atoms with van der Waals surface area (Å²) >= 11 is 12.4. The summed E-state index contributed by atoms with van der Waals surface area (Å²) in [6.07, 6.45) is 2.55. The van der Waals surface area contributed by atoms with Gasteiger partial charge in [0.2, 0.25) is 0 Å². The number of aromatic nitrogens is 2. The molecule has 0 spiro atoms. The van der Waals surface area contributed by atoms with Gasteiger partial charge in [-0.15, -0.1) is 0 Å². The van der Waals surface area contributed by atoms with Crippen LogP contribution >= 0.6 is 23.2 Å². The van der Waals surface area contributed by atoms with Crippen LogP contribution in [0.25, 0.3) is 17.1 Å². The van der Waals surface area contributed by atoms with E-state index in [1.54, 1.807) is 17.0 Å². The molecule has 1 aliphatic rings. The summed E-state index contributed by atoms with van der Waals surface area (Å²) < 4.78 is 7.29. The Morgan fingerprint density at radius 3 is 2.90 bits per heavy atom. The van der Waals surface area contributed by atoms with Crippen molar-refractivity contribution in [2.45, 2.75) is 6.42 Å². The number of fused-ring (bicyclic) bond motifs is 1. The molecule has 0 bridgehead atoms. The molecule has 4 rings (SSSR count). The summed E-state index contributed by atoms with van der Waals surface area (Å²) in [6.45, 7) is 0.874. The van der Waals surface area contributed by atoms with E-state index in [1.165, 1.54) is 0 Å². The fourth-order valence-corrected chi connectivity index (χ4v) is 2.99. The molecule has 0 amide bonds. The van der Waals surface area contributed by atoms with Crippen LogP contribution in [0.5, 0.6) is 0 Å². The normalized spacial score (nSPS) is 13.2. The zero-order valence-electron chi connectivity index (χ0n) is 10.9. The minimum Gasteiger partial charge on any atom is -0.463 e. The van der Waals surface area contributed by atoms with Crippen LogP contribution in [-0.4, -0.2) is 16.3 Å². The van der Waals surface area contributed by atoms with Crippen LogP contribution in [0.1, 0.15) is 5.56 Å². The van der Waals surface area contributed by atoms with Gasteiger partial charge in [-0.25, -0.2) is 4.68 Å². The van der Waals surface area contributed by atoms with Crippen LogP contribution in [0.2, 0.25) is 10.0 Å². The number of benzene rings is 1. The smallest absolute Gasteiger partial charge is 0.154 e. The maximum absolute atomic E-state index is 6.32. The van der Waals surface area contributed by atoms with E-state index in [-0.39, 0.29) is 0 Å². The summed E-state index contributed by atoms with van der Waals surface area (Å²) in [4.78, 5) is 0. The van der Waals surface area contributed by atoms with Crippen LogP contribution in [-0.2, 0) is 6.42 Å². The SMILES string of the molecule is Clc1cccc(-n2nc(-c3ccco3)c3c2NCC3)c1Cl. The van der Waals surface area contributed by atoms with Gasteiger partial charge in [0, 0.05) is 12.1 Å². The molecular weight excluding hydrogens is 309 g/mol. The first-order chi connectivity index (χ1) is 10.3. The van der Waals surface area contributed by atoms with Crippen LogP contribution < -0.4 is 5.32 Å². The summed E-state index contributed by atoms with van der Waals surface area (Å²) in [7, 11) is 0. The molecule has 1 aliphatic heterocycles. The van der Waals surface area contributed by atoms with Crippen LogP contribution in [0, 0.1) is 0 Å². The molecule has 21 heavy (non-hydrogen) atoms. The van der Waals surface area contributed by atoms with Gasteiger partial charge in [-0.2, -0.15) is 5.10 Å². The lowest BCUT2D eigenvalue weighted by atomic mass is 10.2. The van der Waals surface area contributed by atoms with Crippen molar-refractivity contribution in [3.05, 3.63) is 52.2 Å². The van der Waals surface area contributed by atoms with Gasteiger partial charge in [0.15, 0.2) is 5.76 Å². The lowest BCUT2D eigenvalue weighted by Crippen LogP contribution is -2.04. The van der Waals surface area contributed by atoms with Crippen molar-refractivity contribution in [2.24, 2.45) is 0 Å². The first-order valence-corrected chi connectivity index (χ1v) is 7.35. The molecule has 0 radical (unpaired) electrons. The number of hydrogen-bond acceptors (Lipinski definition) is 3. The number of nitrogens with one attached hydrogen (secondary N) is 1. The maximum Gasteiger partial charge on any atom is 0.154 e. The van der Waals surface area contributed by atoms with E-state index in [0.717, 1.165) is 41.5 Å². The number of halogens is 2. The van der Waals surface area contributed by atoms with Crippen molar-refractivity contribution in [1.82, 2.24) is 9.78 Å². The van der Waals surface area contributed by atoms with E-state index in [4.69, 9.17) is 27.6 Å². The number of rotatable bonds is 2. The predicted octanol–water partition coefficient (Wildman–Crippen LogP) is 4.41. The largest absolute Gasteiger partial charge is 0.463 e. The standard InChI is InChI=1S/C15H11Cl2N3O/c16-10-3-1-4-11(13(10)17)20-15-9(6-7-18-15)14(19-20)12-5-2-8-21-12/h1-5,8,18H,6-7H2. The lowest BCUT2D eigenvalue weighted by Gasteiger charge is -2.09. The minimum atomic E-state index is 0.490. The van der Waals surface area contributed by atoms with Crippen LogP contribution in [0.15, 0.2) is 41.0 Å². The molecule has 0 saturated heterocycles. The third kappa shape index (κ3) is 1.94. The Bertz CT molecular complexity index is 809. The van der Waals surface area contributed by atoms with Gasteiger partial charge in [0.25, 0.3) is 0 Å². The molecule has 0 unspecified atom stereocenters. The molecule has 2 aromatic heterocycles. The van der Waals surface area contributed by atoms with Crippen LogP contribution in [0.3, 0.4) is 0 Å². The monoisotopic (exact) mass is 319 g/mol. The number of nitrogens with zero attached hydrogens (tertiary/aromatic N) is 2. The average molecular weight is 320 g/mol. The molecule has 0 atom stereocenters. The lowest BCUT2D eigenvalue weighted by molar-refractivity contribution is 0.578. The van der Waals surface area contributed by atoms with Crippen molar-refractivity contribution in [3.63, 3.8) is 0 Å². The second-order valence-electron chi connectivity index (χ2n) is 4.81. The molecule has 1 aromatic carbocycles. The average Bonchev–Trinajstić information content (AvgIpc) is 3.17. The Hall–Kier alpha value is -1.91. The van der Waals surface area contributed by atoms with E-state index < -0.39 is 0 Å². The summed E-state index contributed by atoms with van der Waals surface area (Å²) in [5.41, 5.74) is 2.74. The van der Waals surface area contributed by atoms with Crippen molar-refractivity contribution < 1.29 is 4.42 Å². The highest BCUT2D eigenvalue weighted by Crippen LogP contribution is 2.37. The third-order valence-corrected chi connectivity index (χ3v) is 4.37. The van der Waals surface area contributed by atoms with Gasteiger partial charge in [0.1, 0.15) is 11.5 Å². The molecule has 0 saturated carbocycles. The Balaban J connectivity index is 1.95. The second-order valence-corrected chi connectivity index (χ2v) is 5.60. The van der Waals surface area contributed by atoms with Gasteiger partial charge in [-0.1, -0.05) is 29.3 Å². The van der Waals surface area contributed by atoms with Gasteiger partial charge in [-0.3, -0.25) is 0 Å². The molecule has 3 heterocycles. The number of furan rings is 1. The number of hydrogen-bond donors (Lipinski definition) is 1. The summed E-state index contributed by atoms with van der Waals surface area (Å²) in [6, 6.07) is 9.28. The van der Waals surface area contributed by atoms with E-state index in [2.05, 4.69) is 10.4 Å². The van der Waals surface area contributed by atoms with E-state index >= 15 is 0 Å². The first-order valence-electron chi connectivity index (χ1n) is 6.60. The van der Waals surface area contributed by atoms with Crippen molar-refractivity contribution in [1.29, 1.82) is 0 Å². The highest BCUT2D eigenvalue weighted by molar-refractivity contribution is 6.43. The topological polar surface area (TPSA) is 43.0 Å². The molecule has 106 valence electrons. The highest BCUT2D eigenvalue weighted by atomic mass is 35.5. The van der Waals surface area contributed by atoms with Gasteiger partial charge in [0.05, 0.1) is 22.0 Å². The Morgan fingerprint density at radius 2 is 2.10 bits per heavy atom. The fraction of sp³-hybridized carbons (Fsp3) is 0.133. The Morgan fingerprint density at radius 1 is 1.19 bits per heavy atom. The predicted molar refractivity (Wildman–Crippen MR) is 83.5 cm³/mol. The summed E-state index contributed by atoms with van der Waals surface area (Å²) in [5.74, 6) is 1.71. The first kappa shape index (κ1) is 12.8. The zero-order valence-corrected chi connectivity index (χ0v) is 12.4.